The van der Waals surface area contributed by atoms with E-state index in [0.717, 1.165) is 13.1 Å². The van der Waals surface area contributed by atoms with Crippen LogP contribution in [0.1, 0.15) is 62.7 Å². The number of rotatable bonds is 11. The average molecular weight is 325 g/mol. The third-order valence-corrected chi connectivity index (χ3v) is 4.44. The van der Waals surface area contributed by atoms with Crippen molar-refractivity contribution in [3.8, 4) is 0 Å². The zero-order valence-corrected chi connectivity index (χ0v) is 15.2. The normalized spacial score (nSPS) is 13.6. The minimum Gasteiger partial charge on any atom is -0.308 e. The Bertz CT molecular complexity index is 487. The molecular weight excluding hydrogens is 292 g/mol. The second-order valence-electron chi connectivity index (χ2n) is 6.39. The minimum absolute atomic E-state index is 0.289. The maximum absolute atomic E-state index is 3.80. The molecular formula is C22H32N2. The fourth-order valence-corrected chi connectivity index (χ4v) is 3.05. The monoisotopic (exact) mass is 324 g/mol. The molecule has 0 saturated carbocycles. The highest BCUT2D eigenvalue weighted by atomic mass is 15.0. The van der Waals surface area contributed by atoms with Crippen LogP contribution < -0.4 is 10.6 Å². The van der Waals surface area contributed by atoms with Crippen molar-refractivity contribution in [3.05, 3.63) is 71.8 Å². The highest BCUT2D eigenvalue weighted by Crippen LogP contribution is 2.29. The van der Waals surface area contributed by atoms with Crippen molar-refractivity contribution in [2.45, 2.75) is 51.6 Å². The van der Waals surface area contributed by atoms with E-state index in [4.69, 9.17) is 0 Å². The molecule has 0 heterocycles. The van der Waals surface area contributed by atoms with E-state index in [1.54, 1.807) is 0 Å². The van der Waals surface area contributed by atoms with Gasteiger partial charge in [0.25, 0.3) is 0 Å². The summed E-state index contributed by atoms with van der Waals surface area (Å²) in [6.45, 7) is 6.59. The van der Waals surface area contributed by atoms with E-state index in [2.05, 4.69) is 85.1 Å². The Morgan fingerprint density at radius 1 is 0.625 bits per heavy atom. The lowest BCUT2D eigenvalue weighted by Gasteiger charge is -2.30. The molecule has 0 amide bonds. The van der Waals surface area contributed by atoms with Crippen molar-refractivity contribution < 1.29 is 0 Å². The zero-order chi connectivity index (χ0) is 17.0. The second-order valence-corrected chi connectivity index (χ2v) is 6.39. The molecule has 0 fully saturated rings. The minimum atomic E-state index is 0.289. The summed E-state index contributed by atoms with van der Waals surface area (Å²) in [5, 5.41) is 7.60. The van der Waals surface area contributed by atoms with Gasteiger partial charge in [-0.15, -0.1) is 0 Å². The first-order valence-corrected chi connectivity index (χ1v) is 9.43. The number of nitrogens with one attached hydrogen (secondary N) is 2. The lowest BCUT2D eigenvalue weighted by atomic mass is 9.93. The molecule has 0 aliphatic carbocycles. The lowest BCUT2D eigenvalue weighted by molar-refractivity contribution is 0.379. The van der Waals surface area contributed by atoms with E-state index in [1.807, 2.05) is 0 Å². The molecule has 0 unspecified atom stereocenters. The van der Waals surface area contributed by atoms with Gasteiger partial charge in [0.2, 0.25) is 0 Å². The fourth-order valence-electron chi connectivity index (χ4n) is 3.05. The van der Waals surface area contributed by atoms with Gasteiger partial charge in [0, 0.05) is 0 Å². The molecule has 2 aromatic rings. The summed E-state index contributed by atoms with van der Waals surface area (Å²) < 4.78 is 0. The predicted octanol–water partition coefficient (Wildman–Crippen LogP) is 5.25. The van der Waals surface area contributed by atoms with Crippen LogP contribution in [0.3, 0.4) is 0 Å². The lowest BCUT2D eigenvalue weighted by Crippen LogP contribution is -2.36. The summed E-state index contributed by atoms with van der Waals surface area (Å²) in [7, 11) is 0. The average Bonchev–Trinajstić information content (AvgIpc) is 2.65. The predicted molar refractivity (Wildman–Crippen MR) is 104 cm³/mol. The fraction of sp³-hybridized carbons (Fsp3) is 0.455. The number of hydrogen-bond donors (Lipinski definition) is 2. The van der Waals surface area contributed by atoms with Gasteiger partial charge in [-0.25, -0.2) is 0 Å². The Morgan fingerprint density at radius 2 is 1.00 bits per heavy atom. The molecule has 0 saturated heterocycles. The molecule has 0 aliphatic rings. The SMILES string of the molecule is CCCCN[C@H](c1ccccc1)[C@H](NCCCC)c1ccccc1. The number of unbranched alkanes of at least 4 members (excludes halogenated alkanes) is 2. The molecule has 2 rings (SSSR count). The Balaban J connectivity index is 2.24. The van der Waals surface area contributed by atoms with E-state index >= 15 is 0 Å². The van der Waals surface area contributed by atoms with Crippen molar-refractivity contribution in [1.29, 1.82) is 0 Å². The zero-order valence-electron chi connectivity index (χ0n) is 15.2. The van der Waals surface area contributed by atoms with Crippen molar-refractivity contribution in [1.82, 2.24) is 10.6 Å². The van der Waals surface area contributed by atoms with E-state index in [9.17, 15) is 0 Å². The van der Waals surface area contributed by atoms with Crippen LogP contribution in [0.2, 0.25) is 0 Å². The first kappa shape index (κ1) is 18.7. The summed E-state index contributed by atoms with van der Waals surface area (Å²) in [6, 6.07) is 22.3. The standard InChI is InChI=1S/C22H32N2/c1-3-5-17-23-21(19-13-9-7-10-14-19)22(24-18-6-4-2)20-15-11-8-12-16-20/h7-16,21-24H,3-6,17-18H2,1-2H3/t21-,22-/m1/s1. The summed E-state index contributed by atoms with van der Waals surface area (Å²) in [6.07, 6.45) is 4.85. The topological polar surface area (TPSA) is 24.1 Å². The van der Waals surface area contributed by atoms with E-state index in [0.29, 0.717) is 0 Å². The van der Waals surface area contributed by atoms with Gasteiger partial charge < -0.3 is 10.6 Å². The van der Waals surface area contributed by atoms with E-state index < -0.39 is 0 Å². The van der Waals surface area contributed by atoms with Crippen LogP contribution in [0.5, 0.6) is 0 Å². The maximum atomic E-state index is 3.80. The molecule has 2 aromatic carbocycles. The Kier molecular flexibility index (Phi) is 8.58. The molecule has 130 valence electrons. The summed E-state index contributed by atoms with van der Waals surface area (Å²) in [5.41, 5.74) is 2.71. The summed E-state index contributed by atoms with van der Waals surface area (Å²) >= 11 is 0. The van der Waals surface area contributed by atoms with Crippen molar-refractivity contribution in [3.63, 3.8) is 0 Å². The van der Waals surface area contributed by atoms with Crippen molar-refractivity contribution in [2.24, 2.45) is 0 Å². The van der Waals surface area contributed by atoms with Crippen LogP contribution in [0.15, 0.2) is 60.7 Å². The van der Waals surface area contributed by atoms with Crippen LogP contribution in [-0.2, 0) is 0 Å². The second kappa shape index (κ2) is 11.0. The smallest absolute Gasteiger partial charge is 0.0518 e. The first-order valence-electron chi connectivity index (χ1n) is 9.43. The van der Waals surface area contributed by atoms with E-state index in [1.165, 1.54) is 36.8 Å². The Labute approximate surface area is 147 Å². The molecule has 0 bridgehead atoms. The summed E-state index contributed by atoms with van der Waals surface area (Å²) in [4.78, 5) is 0. The van der Waals surface area contributed by atoms with Gasteiger partial charge in [-0.05, 0) is 37.1 Å². The van der Waals surface area contributed by atoms with Gasteiger partial charge in [-0.2, -0.15) is 0 Å². The third-order valence-electron chi connectivity index (χ3n) is 4.44. The van der Waals surface area contributed by atoms with Gasteiger partial charge in [-0.3, -0.25) is 0 Å². The molecule has 0 aliphatic heterocycles. The molecule has 2 N–H and O–H groups in total. The van der Waals surface area contributed by atoms with Gasteiger partial charge in [-0.1, -0.05) is 87.4 Å². The highest BCUT2D eigenvalue weighted by Gasteiger charge is 2.23. The number of benzene rings is 2. The van der Waals surface area contributed by atoms with Crippen LogP contribution >= 0.6 is 0 Å². The molecule has 2 atom stereocenters. The van der Waals surface area contributed by atoms with E-state index in [-0.39, 0.29) is 12.1 Å². The van der Waals surface area contributed by atoms with Crippen LogP contribution in [-0.4, -0.2) is 13.1 Å². The summed E-state index contributed by atoms with van der Waals surface area (Å²) in [5.74, 6) is 0. The van der Waals surface area contributed by atoms with Gasteiger partial charge in [0.15, 0.2) is 0 Å². The van der Waals surface area contributed by atoms with Crippen molar-refractivity contribution in [2.75, 3.05) is 13.1 Å². The van der Waals surface area contributed by atoms with Gasteiger partial charge >= 0.3 is 0 Å². The highest BCUT2D eigenvalue weighted by molar-refractivity contribution is 5.27. The Hall–Kier alpha value is -1.64. The largest absolute Gasteiger partial charge is 0.308 e. The molecule has 0 radical (unpaired) electrons. The molecule has 0 spiro atoms. The van der Waals surface area contributed by atoms with Crippen LogP contribution in [0.4, 0.5) is 0 Å². The van der Waals surface area contributed by atoms with Crippen molar-refractivity contribution >= 4 is 0 Å². The van der Waals surface area contributed by atoms with Crippen LogP contribution in [0.25, 0.3) is 0 Å². The molecule has 2 nitrogen and oxygen atoms in total. The molecule has 2 heteroatoms. The molecule has 0 aromatic heterocycles. The third kappa shape index (κ3) is 5.77. The Morgan fingerprint density at radius 3 is 1.33 bits per heavy atom. The quantitative estimate of drug-likeness (QED) is 0.552. The maximum Gasteiger partial charge on any atom is 0.0518 e. The van der Waals surface area contributed by atoms with Gasteiger partial charge in [0.1, 0.15) is 0 Å². The molecule has 24 heavy (non-hydrogen) atoms. The first-order chi connectivity index (χ1) is 11.9. The van der Waals surface area contributed by atoms with Crippen LogP contribution in [0, 0.1) is 0 Å². The number of hydrogen-bond acceptors (Lipinski definition) is 2. The van der Waals surface area contributed by atoms with Gasteiger partial charge in [0.05, 0.1) is 12.1 Å².